The molecule has 0 saturated carbocycles. The Morgan fingerprint density at radius 3 is 2.13 bits per heavy atom. The lowest BCUT2D eigenvalue weighted by atomic mass is 9.94. The maximum absolute atomic E-state index is 5.28. The number of rotatable bonds is 8. The molecule has 204 valence electrons. The van der Waals surface area contributed by atoms with Crippen LogP contribution in [0.1, 0.15) is 76.4 Å². The van der Waals surface area contributed by atoms with Crippen molar-refractivity contribution in [2.24, 2.45) is 11.8 Å². The van der Waals surface area contributed by atoms with Crippen molar-refractivity contribution in [3.63, 3.8) is 0 Å². The second-order valence-corrected chi connectivity index (χ2v) is 11.3. The summed E-state index contributed by atoms with van der Waals surface area (Å²) in [5.74, 6) is 1.05. The maximum Gasteiger partial charge on any atom is 0.0938 e. The summed E-state index contributed by atoms with van der Waals surface area (Å²) in [6.07, 6.45) is 2.77. The van der Waals surface area contributed by atoms with Crippen LogP contribution in [0.25, 0.3) is 22.0 Å². The van der Waals surface area contributed by atoms with Crippen molar-refractivity contribution in [3.05, 3.63) is 125 Å². The van der Waals surface area contributed by atoms with E-state index in [1.165, 1.54) is 44.3 Å². The first kappa shape index (κ1) is 29.9. The van der Waals surface area contributed by atoms with Gasteiger partial charge in [-0.1, -0.05) is 117 Å². The smallest absolute Gasteiger partial charge is 0.0938 e. The minimum absolute atomic E-state index is 0.0269. The number of fused-ring (bicyclic) bond motifs is 1. The lowest BCUT2D eigenvalue weighted by Gasteiger charge is -2.27. The van der Waals surface area contributed by atoms with Gasteiger partial charge in [0.05, 0.1) is 17.4 Å². The van der Waals surface area contributed by atoms with E-state index in [1.807, 2.05) is 6.92 Å². The molecule has 0 amide bonds. The summed E-state index contributed by atoms with van der Waals surface area (Å²) in [5.41, 5.74) is 9.79. The molecule has 1 N–H and O–H groups in total. The maximum atomic E-state index is 5.28. The standard InChI is InChI=1S/C34H40N2.C3H6/c1-22(2)18-33(26(7)23(3)4)36-34(28-20-24(5)19-25(6)21-28)32-17-11-16-31(35-32)30-15-10-13-27-12-8-9-14-29(27)30;1-3-2/h8-17,19-23,34,36H,18H2,1-7H3;3H,1H2,2H3/b33-26-;. The highest BCUT2D eigenvalue weighted by Gasteiger charge is 2.21. The summed E-state index contributed by atoms with van der Waals surface area (Å²) in [5, 5.41) is 6.46. The van der Waals surface area contributed by atoms with E-state index in [2.05, 4.69) is 139 Å². The van der Waals surface area contributed by atoms with Gasteiger partial charge >= 0.3 is 0 Å². The highest BCUT2D eigenvalue weighted by molar-refractivity contribution is 5.95. The Labute approximate surface area is 236 Å². The molecule has 2 nitrogen and oxygen atoms in total. The molecular formula is C37H46N2. The van der Waals surface area contributed by atoms with Crippen molar-refractivity contribution in [1.82, 2.24) is 10.3 Å². The summed E-state index contributed by atoms with van der Waals surface area (Å²) < 4.78 is 0. The van der Waals surface area contributed by atoms with Crippen LogP contribution in [0, 0.1) is 25.7 Å². The number of hydrogen-bond acceptors (Lipinski definition) is 2. The van der Waals surface area contributed by atoms with Crippen LogP contribution in [0.2, 0.25) is 0 Å². The van der Waals surface area contributed by atoms with Crippen LogP contribution < -0.4 is 5.32 Å². The quantitative estimate of drug-likeness (QED) is 0.235. The van der Waals surface area contributed by atoms with E-state index in [0.717, 1.165) is 17.8 Å². The third kappa shape index (κ3) is 7.93. The van der Waals surface area contributed by atoms with E-state index in [-0.39, 0.29) is 6.04 Å². The van der Waals surface area contributed by atoms with Crippen molar-refractivity contribution in [2.45, 2.75) is 67.9 Å². The Hall–Kier alpha value is -3.65. The zero-order valence-electron chi connectivity index (χ0n) is 25.2. The van der Waals surface area contributed by atoms with Crippen molar-refractivity contribution in [3.8, 4) is 11.3 Å². The monoisotopic (exact) mass is 518 g/mol. The topological polar surface area (TPSA) is 24.9 Å². The molecule has 4 aromatic rings. The highest BCUT2D eigenvalue weighted by atomic mass is 15.0. The Morgan fingerprint density at radius 2 is 1.49 bits per heavy atom. The van der Waals surface area contributed by atoms with Crippen LogP contribution in [0.15, 0.2) is 103 Å². The minimum Gasteiger partial charge on any atom is -0.376 e. The average Bonchev–Trinajstić information content (AvgIpc) is 2.90. The van der Waals surface area contributed by atoms with Gasteiger partial charge < -0.3 is 5.32 Å². The van der Waals surface area contributed by atoms with E-state index >= 15 is 0 Å². The van der Waals surface area contributed by atoms with Crippen molar-refractivity contribution in [2.75, 3.05) is 0 Å². The van der Waals surface area contributed by atoms with Crippen LogP contribution in [-0.2, 0) is 0 Å². The van der Waals surface area contributed by atoms with E-state index in [0.29, 0.717) is 11.8 Å². The fourth-order valence-electron chi connectivity index (χ4n) is 4.98. The van der Waals surface area contributed by atoms with Gasteiger partial charge in [-0.05, 0) is 74.4 Å². The predicted molar refractivity (Wildman–Crippen MR) is 171 cm³/mol. The van der Waals surface area contributed by atoms with Crippen molar-refractivity contribution in [1.29, 1.82) is 0 Å². The van der Waals surface area contributed by atoms with Crippen LogP contribution in [0.5, 0.6) is 0 Å². The number of hydrogen-bond donors (Lipinski definition) is 1. The van der Waals surface area contributed by atoms with E-state index in [9.17, 15) is 0 Å². The van der Waals surface area contributed by atoms with E-state index in [4.69, 9.17) is 4.98 Å². The lowest BCUT2D eigenvalue weighted by Crippen LogP contribution is -2.26. The van der Waals surface area contributed by atoms with Gasteiger partial charge in [0.15, 0.2) is 0 Å². The van der Waals surface area contributed by atoms with Gasteiger partial charge in [0.2, 0.25) is 0 Å². The molecule has 0 saturated heterocycles. The Bertz CT molecular complexity index is 1400. The number of aryl methyl sites for hydroxylation is 2. The average molecular weight is 519 g/mol. The Balaban J connectivity index is 0.00000134. The fraction of sp³-hybridized carbons (Fsp3) is 0.324. The van der Waals surface area contributed by atoms with Gasteiger partial charge in [-0.3, -0.25) is 4.98 Å². The van der Waals surface area contributed by atoms with Gasteiger partial charge in [0, 0.05) is 11.3 Å². The predicted octanol–water partition coefficient (Wildman–Crippen LogP) is 10.4. The summed E-state index contributed by atoms with van der Waals surface area (Å²) in [4.78, 5) is 5.28. The van der Waals surface area contributed by atoms with Gasteiger partial charge in [-0.25, -0.2) is 0 Å². The molecule has 1 aromatic heterocycles. The molecule has 1 atom stereocenters. The van der Waals surface area contributed by atoms with E-state index in [1.54, 1.807) is 6.08 Å². The normalized spacial score (nSPS) is 12.6. The number of nitrogens with one attached hydrogen (secondary N) is 1. The van der Waals surface area contributed by atoms with Gasteiger partial charge in [0.25, 0.3) is 0 Å². The molecule has 0 bridgehead atoms. The number of benzene rings is 3. The van der Waals surface area contributed by atoms with Crippen LogP contribution in [0.3, 0.4) is 0 Å². The molecule has 0 aliphatic heterocycles. The second kappa shape index (κ2) is 13.9. The number of nitrogens with zero attached hydrogens (tertiary/aromatic N) is 1. The molecule has 0 aliphatic rings. The van der Waals surface area contributed by atoms with Gasteiger partial charge in [0.1, 0.15) is 0 Å². The van der Waals surface area contributed by atoms with Gasteiger partial charge in [-0.2, -0.15) is 0 Å². The highest BCUT2D eigenvalue weighted by Crippen LogP contribution is 2.31. The first-order chi connectivity index (χ1) is 18.6. The summed E-state index contributed by atoms with van der Waals surface area (Å²) in [6, 6.07) is 28.3. The zero-order chi connectivity index (χ0) is 28.5. The first-order valence-corrected chi connectivity index (χ1v) is 14.2. The number of pyridine rings is 1. The number of allylic oxidation sites excluding steroid dienone is 3. The lowest BCUT2D eigenvalue weighted by molar-refractivity contribution is 0.551. The Kier molecular flexibility index (Phi) is 10.7. The largest absolute Gasteiger partial charge is 0.376 e. The summed E-state index contributed by atoms with van der Waals surface area (Å²) in [6.45, 7) is 21.0. The minimum atomic E-state index is -0.0269. The SMILES string of the molecule is C/C(=C(\CC(C)C)NC(c1cc(C)cc(C)c1)c1cccc(-c2cccc3ccccc23)n1)C(C)C.C=CC. The zero-order valence-corrected chi connectivity index (χ0v) is 25.2. The molecule has 0 radical (unpaired) electrons. The third-order valence-electron chi connectivity index (χ3n) is 6.98. The number of aromatic nitrogens is 1. The van der Waals surface area contributed by atoms with Crippen molar-refractivity contribution >= 4 is 10.8 Å². The first-order valence-electron chi connectivity index (χ1n) is 14.2. The van der Waals surface area contributed by atoms with E-state index < -0.39 is 0 Å². The molecule has 1 heterocycles. The molecule has 3 aromatic carbocycles. The molecule has 0 fully saturated rings. The molecule has 4 rings (SSSR count). The van der Waals surface area contributed by atoms with Crippen LogP contribution >= 0.6 is 0 Å². The van der Waals surface area contributed by atoms with Crippen molar-refractivity contribution < 1.29 is 0 Å². The second-order valence-electron chi connectivity index (χ2n) is 11.3. The molecule has 1 unspecified atom stereocenters. The fourth-order valence-corrected chi connectivity index (χ4v) is 4.98. The summed E-state index contributed by atoms with van der Waals surface area (Å²) in [7, 11) is 0. The summed E-state index contributed by atoms with van der Waals surface area (Å²) >= 11 is 0. The molecule has 0 spiro atoms. The van der Waals surface area contributed by atoms with Crippen LogP contribution in [-0.4, -0.2) is 4.98 Å². The molecular weight excluding hydrogens is 472 g/mol. The molecule has 2 heteroatoms. The van der Waals surface area contributed by atoms with Gasteiger partial charge in [-0.15, -0.1) is 6.58 Å². The van der Waals surface area contributed by atoms with Crippen LogP contribution in [0.4, 0.5) is 0 Å². The molecule has 39 heavy (non-hydrogen) atoms. The Morgan fingerprint density at radius 1 is 0.872 bits per heavy atom. The third-order valence-corrected chi connectivity index (χ3v) is 6.98. The molecule has 0 aliphatic carbocycles.